The highest BCUT2D eigenvalue weighted by Crippen LogP contribution is 2.13. The number of primary amides is 1. The van der Waals surface area contributed by atoms with Gasteiger partial charge < -0.3 is 103 Å². The van der Waals surface area contributed by atoms with Gasteiger partial charge in [0.2, 0.25) is 18.0 Å². The fourth-order valence-corrected chi connectivity index (χ4v) is 4.22. The van der Waals surface area contributed by atoms with Crippen LogP contribution in [-0.4, -0.2) is 137 Å². The molecule has 33 nitrogen and oxygen atoms in total. The Hall–Kier alpha value is -8.59. The van der Waals surface area contributed by atoms with Crippen LogP contribution in [0.25, 0.3) is 0 Å². The van der Waals surface area contributed by atoms with E-state index in [4.69, 9.17) is 61.1 Å². The Balaban J connectivity index is 3.36. The molecule has 0 radical (unpaired) electrons. The molecule has 0 aliphatic heterocycles. The molecule has 30 N–H and O–H groups in total. The van der Waals surface area contributed by atoms with Crippen LogP contribution in [-0.2, 0) is 43.2 Å². The molecule has 0 fully saturated rings. The van der Waals surface area contributed by atoms with Gasteiger partial charge in [0.25, 0.3) is 35.4 Å². The Kier molecular flexibility index (Phi) is 20.0. The second kappa shape index (κ2) is 24.2. The maximum atomic E-state index is 13.6. The van der Waals surface area contributed by atoms with Crippen molar-refractivity contribution in [1.29, 1.82) is 21.6 Å². The van der Waals surface area contributed by atoms with Crippen molar-refractivity contribution in [1.82, 2.24) is 63.8 Å². The van der Waals surface area contributed by atoms with Crippen molar-refractivity contribution in [2.45, 2.75) is 43.1 Å². The summed E-state index contributed by atoms with van der Waals surface area (Å²) in [5, 5.41) is 73.5. The average molecular weight is 867 g/mol. The third kappa shape index (κ3) is 18.9. The molecule has 1 aromatic carbocycles. The van der Waals surface area contributed by atoms with Crippen molar-refractivity contribution in [3.63, 3.8) is 0 Å². The lowest BCUT2D eigenvalue weighted by molar-refractivity contribution is -0.139. The molecule has 0 bridgehead atoms. The highest BCUT2D eigenvalue weighted by atomic mass is 16.4. The number of rotatable bonds is 23. The van der Waals surface area contributed by atoms with Crippen LogP contribution in [0.4, 0.5) is 0 Å². The third-order valence-corrected chi connectivity index (χ3v) is 6.79. The molecule has 1 rings (SSSR count). The maximum absolute atomic E-state index is 13.6. The number of hydrogen-bond donors (Lipinski definition) is 24. The van der Waals surface area contributed by atoms with Gasteiger partial charge in [-0.3, -0.25) is 70.1 Å². The van der Waals surface area contributed by atoms with E-state index in [0.717, 1.165) is 0 Å². The molecular formula is C28H46N22O11. The van der Waals surface area contributed by atoms with Gasteiger partial charge in [-0.05, 0) is 5.56 Å². The Bertz CT molecular complexity index is 1870. The Morgan fingerprint density at radius 2 is 0.885 bits per heavy atom. The lowest BCUT2D eigenvalue weighted by atomic mass is 10.1. The lowest BCUT2D eigenvalue weighted by Crippen LogP contribution is -2.69. The number of carbonyl (C=O) groups excluding carboxylic acids is 8. The van der Waals surface area contributed by atoms with E-state index >= 15 is 0 Å². The number of carboxylic acids is 1. The minimum absolute atomic E-state index is 0.0312. The van der Waals surface area contributed by atoms with Crippen LogP contribution in [0.3, 0.4) is 0 Å². The first-order chi connectivity index (χ1) is 28.4. The van der Waals surface area contributed by atoms with Crippen molar-refractivity contribution >= 4 is 77.1 Å². The standard InChI is InChI=1S/C28H46N22O11/c29-12(13(30)54)42-19(56)14(47-25(31)32)44-21(58)16(49-27(35)36)46-22(59)17(50-28(37)38)45-20(57)15(48-26(33)34)43-18(55)11(8-4-2-1-3-5-8)41-24(61)23(60)40-9(51)6-39-7-10(52)53/h1-5,11-12,14-17,23,39,60H,6-7,29H2,(H2,30,54)(H,40,51)(H,41,61)(H,42,56)(H,43,55)(H,44,58)(H,45,57)(H,46,59)(H,52,53)(H4,31,32,47)(H4,33,34,48)(H4,35,36,49)(H4,37,38,50). The highest BCUT2D eigenvalue weighted by Gasteiger charge is 2.35. The summed E-state index contributed by atoms with van der Waals surface area (Å²) in [5.74, 6) is -15.5. The van der Waals surface area contributed by atoms with Crippen molar-refractivity contribution in [3.05, 3.63) is 35.9 Å². The quantitative estimate of drug-likeness (QED) is 0.0276. The summed E-state index contributed by atoms with van der Waals surface area (Å²) >= 11 is 0. The van der Waals surface area contributed by atoms with Crippen LogP contribution in [0.15, 0.2) is 30.3 Å². The van der Waals surface area contributed by atoms with Gasteiger partial charge in [-0.25, -0.2) is 0 Å². The summed E-state index contributed by atoms with van der Waals surface area (Å²) in [7, 11) is 0. The Labute approximate surface area is 342 Å². The summed E-state index contributed by atoms with van der Waals surface area (Å²) in [6.07, 6.45) is -12.5. The number of aliphatic carboxylic acids is 1. The summed E-state index contributed by atoms with van der Waals surface area (Å²) < 4.78 is 0. The number of amides is 8. The van der Waals surface area contributed by atoms with E-state index in [1.807, 2.05) is 42.5 Å². The van der Waals surface area contributed by atoms with Crippen LogP contribution in [0, 0.1) is 21.6 Å². The van der Waals surface area contributed by atoms with E-state index in [-0.39, 0.29) is 5.56 Å². The third-order valence-electron chi connectivity index (χ3n) is 6.79. The average Bonchev–Trinajstić information content (AvgIpc) is 3.14. The molecule has 0 aliphatic carbocycles. The van der Waals surface area contributed by atoms with Crippen LogP contribution >= 0.6 is 0 Å². The zero-order valence-electron chi connectivity index (χ0n) is 31.4. The fourth-order valence-electron chi connectivity index (χ4n) is 4.22. The van der Waals surface area contributed by atoms with Gasteiger partial charge in [0.15, 0.2) is 54.7 Å². The molecule has 0 saturated carbocycles. The van der Waals surface area contributed by atoms with Gasteiger partial charge in [0, 0.05) is 0 Å². The zero-order valence-corrected chi connectivity index (χ0v) is 31.4. The van der Waals surface area contributed by atoms with Crippen molar-refractivity contribution in [2.75, 3.05) is 13.1 Å². The van der Waals surface area contributed by atoms with Crippen LogP contribution in [0.1, 0.15) is 11.6 Å². The van der Waals surface area contributed by atoms with Crippen molar-refractivity contribution in [3.8, 4) is 0 Å². The molecule has 334 valence electrons. The van der Waals surface area contributed by atoms with Gasteiger partial charge in [0.05, 0.1) is 13.1 Å². The largest absolute Gasteiger partial charge is 0.480 e. The number of aliphatic hydroxyl groups excluding tert-OH is 1. The predicted octanol–water partition coefficient (Wildman–Crippen LogP) is -12.5. The van der Waals surface area contributed by atoms with Gasteiger partial charge >= 0.3 is 5.97 Å². The SMILES string of the molecule is N=C(N)NC(NC(=O)C(NC(=N)N)NC(=O)C(NC(=N)N)NC(=O)C(NC(=N)N)NC(=O)C(NC(=O)C(O)NC(=O)CNCC(=O)O)c1ccccc1)C(=O)NC(N)C(N)=O. The summed E-state index contributed by atoms with van der Waals surface area (Å²) in [6.45, 7) is -1.25. The van der Waals surface area contributed by atoms with E-state index in [9.17, 15) is 48.3 Å². The fraction of sp³-hybridized carbons (Fsp3) is 0.321. The molecular weight excluding hydrogens is 820 g/mol. The summed E-state index contributed by atoms with van der Waals surface area (Å²) in [5.41, 5.74) is 31.8. The first-order valence-electron chi connectivity index (χ1n) is 16.7. The maximum Gasteiger partial charge on any atom is 0.317 e. The number of hydrogen-bond acceptors (Lipinski definition) is 16. The van der Waals surface area contributed by atoms with E-state index in [1.54, 1.807) is 0 Å². The van der Waals surface area contributed by atoms with E-state index in [2.05, 4.69) is 21.3 Å². The first kappa shape index (κ1) is 50.4. The molecule has 61 heavy (non-hydrogen) atoms. The van der Waals surface area contributed by atoms with Gasteiger partial charge in [-0.1, -0.05) is 30.3 Å². The minimum atomic E-state index is -2.29. The number of carboxylic acid groups (broad SMARTS) is 1. The predicted molar refractivity (Wildman–Crippen MR) is 205 cm³/mol. The molecule has 33 heteroatoms. The molecule has 0 saturated heterocycles. The number of nitrogens with one attached hydrogen (secondary N) is 16. The summed E-state index contributed by atoms with van der Waals surface area (Å²) in [4.78, 5) is 113. The number of aliphatic hydroxyl groups is 1. The Morgan fingerprint density at radius 1 is 0.508 bits per heavy atom. The zero-order chi connectivity index (χ0) is 46.6. The van der Waals surface area contributed by atoms with Crippen LogP contribution in [0.5, 0.6) is 0 Å². The van der Waals surface area contributed by atoms with Crippen molar-refractivity contribution in [2.24, 2.45) is 34.4 Å². The van der Waals surface area contributed by atoms with Crippen LogP contribution in [0.2, 0.25) is 0 Å². The molecule has 0 aliphatic rings. The molecule has 8 amide bonds. The first-order valence-corrected chi connectivity index (χ1v) is 16.7. The molecule has 1 aromatic rings. The van der Waals surface area contributed by atoms with Gasteiger partial charge in [-0.2, -0.15) is 0 Å². The second-order valence-electron chi connectivity index (χ2n) is 11.7. The number of guanidine groups is 4. The second-order valence-corrected chi connectivity index (χ2v) is 11.7. The van der Waals surface area contributed by atoms with E-state index < -0.39 is 133 Å². The van der Waals surface area contributed by atoms with Gasteiger partial charge in [0.1, 0.15) is 6.04 Å². The van der Waals surface area contributed by atoms with Crippen LogP contribution < -0.4 is 98.2 Å². The number of carbonyl (C=O) groups is 9. The monoisotopic (exact) mass is 866 g/mol. The number of benzene rings is 1. The Morgan fingerprint density at radius 3 is 1.25 bits per heavy atom. The summed E-state index contributed by atoms with van der Waals surface area (Å²) in [6, 6.07) is 5.30. The van der Waals surface area contributed by atoms with Crippen molar-refractivity contribution < 1.29 is 53.4 Å². The highest BCUT2D eigenvalue weighted by molar-refractivity contribution is 6.00. The number of nitrogens with two attached hydrogens (primary N) is 6. The molecule has 7 atom stereocenters. The topological polar surface area (TPSA) is 590 Å². The molecule has 0 spiro atoms. The lowest BCUT2D eigenvalue weighted by Gasteiger charge is -2.28. The smallest absolute Gasteiger partial charge is 0.317 e. The molecule has 0 aromatic heterocycles. The molecule has 7 unspecified atom stereocenters. The minimum Gasteiger partial charge on any atom is -0.480 e. The molecule has 0 heterocycles. The van der Waals surface area contributed by atoms with E-state index in [0.29, 0.717) is 0 Å². The van der Waals surface area contributed by atoms with E-state index in [1.165, 1.54) is 30.3 Å². The normalized spacial score (nSPS) is 13.7. The van der Waals surface area contributed by atoms with Gasteiger partial charge in [-0.15, -0.1) is 0 Å².